The maximum Gasteiger partial charge on any atom is 0.0974 e. The molecule has 3 N–H and O–H groups in total. The van der Waals surface area contributed by atoms with Crippen LogP contribution in [0.15, 0.2) is 28.7 Å². The summed E-state index contributed by atoms with van der Waals surface area (Å²) in [7, 11) is 0. The highest BCUT2D eigenvalue weighted by Gasteiger charge is 2.25. The molecule has 0 aromatic heterocycles. The summed E-state index contributed by atoms with van der Waals surface area (Å²) in [6.45, 7) is 3.61. The molecule has 1 unspecified atom stereocenters. The van der Waals surface area contributed by atoms with E-state index >= 15 is 0 Å². The molecule has 2 nitrogen and oxygen atoms in total. The predicted molar refractivity (Wildman–Crippen MR) is 57.4 cm³/mol. The van der Waals surface area contributed by atoms with Gasteiger partial charge in [-0.05, 0) is 25.5 Å². The minimum absolute atomic E-state index is 0.621. The van der Waals surface area contributed by atoms with Crippen molar-refractivity contribution in [3.8, 4) is 0 Å². The van der Waals surface area contributed by atoms with Crippen molar-refractivity contribution < 1.29 is 5.11 Å². The molecule has 0 heterocycles. The molecule has 1 aromatic rings. The minimum atomic E-state index is -0.650. The zero-order chi connectivity index (χ0) is 10.1. The molecule has 0 aliphatic heterocycles. The highest BCUT2D eigenvalue weighted by atomic mass is 79.9. The standard InChI is InChI=1S/C10H14BrNO/c1-10(2,12)9(13)7-5-3-4-6-8(7)11/h3-6,9,13H,12H2,1-2H3. The molecule has 0 saturated heterocycles. The van der Waals surface area contributed by atoms with Crippen molar-refractivity contribution in [1.29, 1.82) is 0 Å². The van der Waals surface area contributed by atoms with Gasteiger partial charge in [-0.2, -0.15) is 0 Å². The van der Waals surface area contributed by atoms with E-state index in [0.717, 1.165) is 10.0 Å². The number of nitrogens with two attached hydrogens (primary N) is 1. The fraction of sp³-hybridized carbons (Fsp3) is 0.400. The molecular formula is C10H14BrNO. The number of halogens is 1. The summed E-state index contributed by atoms with van der Waals surface area (Å²) in [6, 6.07) is 7.55. The smallest absolute Gasteiger partial charge is 0.0974 e. The second-order valence-corrected chi connectivity index (χ2v) is 4.60. The zero-order valence-corrected chi connectivity index (χ0v) is 9.38. The summed E-state index contributed by atoms with van der Waals surface area (Å²) in [5.41, 5.74) is 6.02. The molecule has 1 atom stereocenters. The molecule has 0 fully saturated rings. The van der Waals surface area contributed by atoms with Crippen LogP contribution in [-0.4, -0.2) is 10.6 Å². The van der Waals surface area contributed by atoms with E-state index in [1.54, 1.807) is 13.8 Å². The van der Waals surface area contributed by atoms with E-state index in [2.05, 4.69) is 15.9 Å². The predicted octanol–water partition coefficient (Wildman–Crippen LogP) is 2.22. The second-order valence-electron chi connectivity index (χ2n) is 3.75. The van der Waals surface area contributed by atoms with E-state index in [0.29, 0.717) is 0 Å². The molecular weight excluding hydrogens is 230 g/mol. The van der Waals surface area contributed by atoms with Crippen LogP contribution in [0.3, 0.4) is 0 Å². The summed E-state index contributed by atoms with van der Waals surface area (Å²) >= 11 is 3.37. The van der Waals surface area contributed by atoms with Gasteiger partial charge in [0.2, 0.25) is 0 Å². The summed E-state index contributed by atoms with van der Waals surface area (Å²) in [6.07, 6.45) is -0.650. The van der Waals surface area contributed by atoms with E-state index in [1.807, 2.05) is 24.3 Å². The average Bonchev–Trinajstić information content (AvgIpc) is 2.02. The number of aliphatic hydroxyl groups excluding tert-OH is 1. The third-order valence-electron chi connectivity index (χ3n) is 1.90. The third-order valence-corrected chi connectivity index (χ3v) is 2.63. The fourth-order valence-corrected chi connectivity index (χ4v) is 1.60. The van der Waals surface area contributed by atoms with E-state index in [4.69, 9.17) is 5.73 Å². The lowest BCUT2D eigenvalue weighted by Gasteiger charge is -2.26. The largest absolute Gasteiger partial charge is 0.386 e. The number of hydrogen-bond donors (Lipinski definition) is 2. The van der Waals surface area contributed by atoms with Crippen molar-refractivity contribution in [1.82, 2.24) is 0 Å². The van der Waals surface area contributed by atoms with Gasteiger partial charge in [0.25, 0.3) is 0 Å². The lowest BCUT2D eigenvalue weighted by Crippen LogP contribution is -2.39. The number of rotatable bonds is 2. The van der Waals surface area contributed by atoms with E-state index in [9.17, 15) is 5.11 Å². The Morgan fingerprint density at radius 1 is 1.38 bits per heavy atom. The Kier molecular flexibility index (Phi) is 3.11. The van der Waals surface area contributed by atoms with Crippen LogP contribution in [0.1, 0.15) is 25.5 Å². The van der Waals surface area contributed by atoms with Gasteiger partial charge in [-0.3, -0.25) is 0 Å². The molecule has 0 radical (unpaired) electrons. The Labute approximate surface area is 86.9 Å². The van der Waals surface area contributed by atoms with Crippen molar-refractivity contribution in [2.75, 3.05) is 0 Å². The van der Waals surface area contributed by atoms with E-state index in [-0.39, 0.29) is 0 Å². The van der Waals surface area contributed by atoms with Gasteiger partial charge in [0.1, 0.15) is 0 Å². The molecule has 0 spiro atoms. The quantitative estimate of drug-likeness (QED) is 0.837. The highest BCUT2D eigenvalue weighted by molar-refractivity contribution is 9.10. The topological polar surface area (TPSA) is 46.2 Å². The first-order chi connectivity index (χ1) is 5.93. The Bertz CT molecular complexity index is 293. The number of benzene rings is 1. The third kappa shape index (κ3) is 2.53. The molecule has 13 heavy (non-hydrogen) atoms. The summed E-state index contributed by atoms with van der Waals surface area (Å²) in [5, 5.41) is 9.88. The molecule has 1 rings (SSSR count). The van der Waals surface area contributed by atoms with Gasteiger partial charge < -0.3 is 10.8 Å². The van der Waals surface area contributed by atoms with Crippen LogP contribution in [0.4, 0.5) is 0 Å². The van der Waals surface area contributed by atoms with Crippen LogP contribution < -0.4 is 5.73 Å². The first-order valence-corrected chi connectivity index (χ1v) is 4.93. The number of hydrogen-bond acceptors (Lipinski definition) is 2. The zero-order valence-electron chi connectivity index (χ0n) is 7.79. The van der Waals surface area contributed by atoms with Gasteiger partial charge >= 0.3 is 0 Å². The fourth-order valence-electron chi connectivity index (χ4n) is 1.10. The Morgan fingerprint density at radius 2 is 1.92 bits per heavy atom. The molecule has 72 valence electrons. The van der Waals surface area contributed by atoms with Gasteiger partial charge in [-0.1, -0.05) is 34.1 Å². The first-order valence-electron chi connectivity index (χ1n) is 4.14. The molecule has 0 saturated carbocycles. The maximum absolute atomic E-state index is 9.88. The van der Waals surface area contributed by atoms with Crippen LogP contribution >= 0.6 is 15.9 Å². The van der Waals surface area contributed by atoms with Crippen LogP contribution in [0, 0.1) is 0 Å². The monoisotopic (exact) mass is 243 g/mol. The van der Waals surface area contributed by atoms with Crippen molar-refractivity contribution in [2.24, 2.45) is 5.73 Å². The minimum Gasteiger partial charge on any atom is -0.386 e. The molecule has 0 bridgehead atoms. The SMILES string of the molecule is CC(C)(N)C(O)c1ccccc1Br. The molecule has 0 aliphatic rings. The molecule has 3 heteroatoms. The van der Waals surface area contributed by atoms with E-state index < -0.39 is 11.6 Å². The van der Waals surface area contributed by atoms with Gasteiger partial charge in [-0.25, -0.2) is 0 Å². The number of aliphatic hydroxyl groups is 1. The summed E-state index contributed by atoms with van der Waals surface area (Å²) in [5.74, 6) is 0. The summed E-state index contributed by atoms with van der Waals surface area (Å²) < 4.78 is 0.890. The van der Waals surface area contributed by atoms with Gasteiger partial charge in [0, 0.05) is 10.0 Å². The molecule has 0 amide bonds. The van der Waals surface area contributed by atoms with Gasteiger partial charge in [-0.15, -0.1) is 0 Å². The van der Waals surface area contributed by atoms with Gasteiger partial charge in [0.05, 0.1) is 6.10 Å². The lowest BCUT2D eigenvalue weighted by molar-refractivity contribution is 0.104. The summed E-state index contributed by atoms with van der Waals surface area (Å²) in [4.78, 5) is 0. The average molecular weight is 244 g/mol. The van der Waals surface area contributed by atoms with Crippen molar-refractivity contribution in [2.45, 2.75) is 25.5 Å². The van der Waals surface area contributed by atoms with Gasteiger partial charge in [0.15, 0.2) is 0 Å². The van der Waals surface area contributed by atoms with Crippen molar-refractivity contribution in [3.05, 3.63) is 34.3 Å². The second kappa shape index (κ2) is 3.78. The van der Waals surface area contributed by atoms with Crippen LogP contribution in [-0.2, 0) is 0 Å². The Hall–Kier alpha value is -0.380. The van der Waals surface area contributed by atoms with Crippen molar-refractivity contribution >= 4 is 15.9 Å². The van der Waals surface area contributed by atoms with Crippen LogP contribution in [0.25, 0.3) is 0 Å². The van der Waals surface area contributed by atoms with Crippen LogP contribution in [0.5, 0.6) is 0 Å². The Balaban J connectivity index is 3.02. The van der Waals surface area contributed by atoms with Crippen molar-refractivity contribution in [3.63, 3.8) is 0 Å². The first kappa shape index (κ1) is 10.7. The Morgan fingerprint density at radius 3 is 2.38 bits per heavy atom. The maximum atomic E-state index is 9.88. The lowest BCUT2D eigenvalue weighted by atomic mass is 9.93. The molecule has 0 aliphatic carbocycles. The molecule has 1 aromatic carbocycles. The van der Waals surface area contributed by atoms with E-state index in [1.165, 1.54) is 0 Å². The highest BCUT2D eigenvalue weighted by Crippen LogP contribution is 2.28. The van der Waals surface area contributed by atoms with Crippen LogP contribution in [0.2, 0.25) is 0 Å². The normalized spacial score (nSPS) is 14.2.